The van der Waals surface area contributed by atoms with E-state index in [4.69, 9.17) is 9.47 Å². The minimum atomic E-state index is 0.321. The molecule has 19 heavy (non-hydrogen) atoms. The topological polar surface area (TPSA) is 48.3 Å². The van der Waals surface area contributed by atoms with Crippen LogP contribution in [0.4, 0.5) is 0 Å². The number of rotatable bonds is 5. The maximum absolute atomic E-state index is 5.48. The van der Waals surface area contributed by atoms with Gasteiger partial charge in [-0.05, 0) is 12.1 Å². The standard InChI is InChI=1S/C14H17N3O2/c1-17-12(6-8-16-17)5-7-15-9-11-3-2-4-13-14(11)19-10-18-13/h2-4,6,8,15H,5,7,9-10H2,1H3. The molecule has 2 heterocycles. The Morgan fingerprint density at radius 2 is 2.26 bits per heavy atom. The predicted octanol–water partition coefficient (Wildman–Crippen LogP) is 1.48. The second kappa shape index (κ2) is 5.32. The molecule has 0 aliphatic carbocycles. The molecule has 0 saturated carbocycles. The van der Waals surface area contributed by atoms with Gasteiger partial charge in [0.05, 0.1) is 0 Å². The Kier molecular flexibility index (Phi) is 3.37. The van der Waals surface area contributed by atoms with Crippen LogP contribution in [0.25, 0.3) is 0 Å². The maximum Gasteiger partial charge on any atom is 0.231 e. The quantitative estimate of drug-likeness (QED) is 0.826. The molecule has 0 amide bonds. The highest BCUT2D eigenvalue weighted by molar-refractivity contribution is 5.48. The Hall–Kier alpha value is -2.01. The fourth-order valence-corrected chi connectivity index (χ4v) is 2.22. The summed E-state index contributed by atoms with van der Waals surface area (Å²) in [6.45, 7) is 2.01. The van der Waals surface area contributed by atoms with Gasteiger partial charge >= 0.3 is 0 Å². The molecule has 1 aromatic carbocycles. The Balaban J connectivity index is 1.53. The molecule has 100 valence electrons. The van der Waals surface area contributed by atoms with E-state index in [1.807, 2.05) is 36.1 Å². The van der Waals surface area contributed by atoms with Crippen LogP contribution in [0.2, 0.25) is 0 Å². The fourth-order valence-electron chi connectivity index (χ4n) is 2.22. The third-order valence-corrected chi connectivity index (χ3v) is 3.27. The molecule has 2 aromatic rings. The van der Waals surface area contributed by atoms with Crippen LogP contribution in [-0.2, 0) is 20.0 Å². The van der Waals surface area contributed by atoms with E-state index >= 15 is 0 Å². The highest BCUT2D eigenvalue weighted by atomic mass is 16.7. The maximum atomic E-state index is 5.48. The molecule has 1 aromatic heterocycles. The van der Waals surface area contributed by atoms with Gasteiger partial charge in [0.15, 0.2) is 11.5 Å². The summed E-state index contributed by atoms with van der Waals surface area (Å²) in [7, 11) is 1.96. The molecule has 1 N–H and O–H groups in total. The summed E-state index contributed by atoms with van der Waals surface area (Å²) in [4.78, 5) is 0. The number of para-hydroxylation sites is 1. The molecule has 0 saturated heterocycles. The number of aryl methyl sites for hydroxylation is 1. The summed E-state index contributed by atoms with van der Waals surface area (Å²) in [6, 6.07) is 8.02. The predicted molar refractivity (Wildman–Crippen MR) is 71.2 cm³/mol. The number of nitrogens with one attached hydrogen (secondary N) is 1. The van der Waals surface area contributed by atoms with E-state index in [1.54, 1.807) is 0 Å². The first-order valence-electron chi connectivity index (χ1n) is 6.39. The first-order chi connectivity index (χ1) is 9.34. The Morgan fingerprint density at radius 3 is 3.11 bits per heavy atom. The highest BCUT2D eigenvalue weighted by Crippen LogP contribution is 2.35. The molecule has 1 aliphatic rings. The van der Waals surface area contributed by atoms with Crippen molar-refractivity contribution in [3.8, 4) is 11.5 Å². The molecule has 0 spiro atoms. The lowest BCUT2D eigenvalue weighted by Crippen LogP contribution is -2.18. The van der Waals surface area contributed by atoms with Crippen LogP contribution >= 0.6 is 0 Å². The van der Waals surface area contributed by atoms with Crippen molar-refractivity contribution in [3.05, 3.63) is 41.7 Å². The van der Waals surface area contributed by atoms with Gasteiger partial charge in [0, 0.05) is 44.0 Å². The van der Waals surface area contributed by atoms with Gasteiger partial charge in [-0.3, -0.25) is 4.68 Å². The second-order valence-electron chi connectivity index (χ2n) is 4.52. The molecule has 3 rings (SSSR count). The zero-order valence-corrected chi connectivity index (χ0v) is 10.9. The molecule has 0 radical (unpaired) electrons. The molecule has 0 atom stereocenters. The van der Waals surface area contributed by atoms with Gasteiger partial charge in [0.1, 0.15) is 0 Å². The first-order valence-corrected chi connectivity index (χ1v) is 6.39. The van der Waals surface area contributed by atoms with Crippen molar-refractivity contribution >= 4 is 0 Å². The van der Waals surface area contributed by atoms with Crippen LogP contribution in [-0.4, -0.2) is 23.1 Å². The molecule has 0 unspecified atom stereocenters. The highest BCUT2D eigenvalue weighted by Gasteiger charge is 2.16. The van der Waals surface area contributed by atoms with E-state index in [1.165, 1.54) is 5.69 Å². The number of ether oxygens (including phenoxy) is 2. The second-order valence-corrected chi connectivity index (χ2v) is 4.52. The van der Waals surface area contributed by atoms with Gasteiger partial charge in [-0.25, -0.2) is 0 Å². The van der Waals surface area contributed by atoms with Crippen molar-refractivity contribution < 1.29 is 9.47 Å². The lowest BCUT2D eigenvalue weighted by molar-refractivity contribution is 0.173. The average Bonchev–Trinajstić information content (AvgIpc) is 3.04. The van der Waals surface area contributed by atoms with Crippen molar-refractivity contribution in [1.82, 2.24) is 15.1 Å². The van der Waals surface area contributed by atoms with Crippen molar-refractivity contribution in [3.63, 3.8) is 0 Å². The van der Waals surface area contributed by atoms with Crippen LogP contribution in [0.15, 0.2) is 30.5 Å². The van der Waals surface area contributed by atoms with Crippen LogP contribution < -0.4 is 14.8 Å². The van der Waals surface area contributed by atoms with Crippen LogP contribution in [0.1, 0.15) is 11.3 Å². The van der Waals surface area contributed by atoms with Crippen LogP contribution in [0, 0.1) is 0 Å². The zero-order valence-electron chi connectivity index (χ0n) is 10.9. The van der Waals surface area contributed by atoms with E-state index in [0.29, 0.717) is 6.79 Å². The summed E-state index contributed by atoms with van der Waals surface area (Å²) in [6.07, 6.45) is 2.79. The smallest absolute Gasteiger partial charge is 0.231 e. The van der Waals surface area contributed by atoms with Crippen LogP contribution in [0.5, 0.6) is 11.5 Å². The SMILES string of the molecule is Cn1nccc1CCNCc1cccc2c1OCO2. The van der Waals surface area contributed by atoms with Crippen molar-refractivity contribution in [2.45, 2.75) is 13.0 Å². The van der Waals surface area contributed by atoms with Gasteiger partial charge < -0.3 is 14.8 Å². The van der Waals surface area contributed by atoms with E-state index in [0.717, 1.165) is 36.6 Å². The molecule has 5 heteroatoms. The zero-order chi connectivity index (χ0) is 13.1. The minimum Gasteiger partial charge on any atom is -0.454 e. The van der Waals surface area contributed by atoms with Gasteiger partial charge in [-0.1, -0.05) is 12.1 Å². The van der Waals surface area contributed by atoms with E-state index in [2.05, 4.69) is 16.5 Å². The molecule has 1 aliphatic heterocycles. The monoisotopic (exact) mass is 259 g/mol. The molecule has 5 nitrogen and oxygen atoms in total. The number of hydrogen-bond donors (Lipinski definition) is 1. The largest absolute Gasteiger partial charge is 0.454 e. The molecular weight excluding hydrogens is 242 g/mol. The first kappa shape index (κ1) is 12.0. The summed E-state index contributed by atoms with van der Waals surface area (Å²) >= 11 is 0. The van der Waals surface area contributed by atoms with E-state index in [-0.39, 0.29) is 0 Å². The molecular formula is C14H17N3O2. The number of hydrogen-bond acceptors (Lipinski definition) is 4. The summed E-state index contributed by atoms with van der Waals surface area (Å²) < 4.78 is 12.7. The normalized spacial score (nSPS) is 12.9. The summed E-state index contributed by atoms with van der Waals surface area (Å²) in [5.74, 6) is 1.71. The van der Waals surface area contributed by atoms with Crippen LogP contribution in [0.3, 0.4) is 0 Å². The number of benzene rings is 1. The lowest BCUT2D eigenvalue weighted by Gasteiger charge is -2.07. The van der Waals surface area contributed by atoms with Gasteiger partial charge in [-0.2, -0.15) is 5.10 Å². The Bertz CT molecular complexity index is 566. The summed E-state index contributed by atoms with van der Waals surface area (Å²) in [5, 5.41) is 7.57. The van der Waals surface area contributed by atoms with Crippen molar-refractivity contribution in [1.29, 1.82) is 0 Å². The molecule has 0 bridgehead atoms. The van der Waals surface area contributed by atoms with Gasteiger partial charge in [0.2, 0.25) is 6.79 Å². The number of fused-ring (bicyclic) bond motifs is 1. The number of aromatic nitrogens is 2. The van der Waals surface area contributed by atoms with E-state index in [9.17, 15) is 0 Å². The Labute approximate surface area is 112 Å². The third-order valence-electron chi connectivity index (χ3n) is 3.27. The van der Waals surface area contributed by atoms with Gasteiger partial charge in [-0.15, -0.1) is 0 Å². The lowest BCUT2D eigenvalue weighted by atomic mass is 10.2. The van der Waals surface area contributed by atoms with Gasteiger partial charge in [0.25, 0.3) is 0 Å². The van der Waals surface area contributed by atoms with Crippen molar-refractivity contribution in [2.75, 3.05) is 13.3 Å². The van der Waals surface area contributed by atoms with E-state index < -0.39 is 0 Å². The minimum absolute atomic E-state index is 0.321. The third kappa shape index (κ3) is 2.56. The number of nitrogens with zero attached hydrogens (tertiary/aromatic N) is 2. The van der Waals surface area contributed by atoms with Crippen molar-refractivity contribution in [2.24, 2.45) is 7.05 Å². The summed E-state index contributed by atoms with van der Waals surface area (Å²) in [5.41, 5.74) is 2.37. The molecule has 0 fully saturated rings. The fraction of sp³-hybridized carbons (Fsp3) is 0.357. The Morgan fingerprint density at radius 1 is 1.32 bits per heavy atom. The average molecular weight is 259 g/mol.